The minimum Gasteiger partial charge on any atom is -0.480 e. The first-order valence-electron chi connectivity index (χ1n) is 9.24. The van der Waals surface area contributed by atoms with Gasteiger partial charge in [0, 0.05) is 6.54 Å². The van der Waals surface area contributed by atoms with Crippen molar-refractivity contribution in [3.63, 3.8) is 0 Å². The van der Waals surface area contributed by atoms with E-state index in [-0.39, 0.29) is 25.5 Å². The number of benzene rings is 1. The minimum absolute atomic E-state index is 0.0454. The maximum atomic E-state index is 12.5. The van der Waals surface area contributed by atoms with Gasteiger partial charge in [0.1, 0.15) is 18.7 Å². The molecule has 0 unspecified atom stereocenters. The zero-order valence-electron chi connectivity index (χ0n) is 16.5. The molecule has 1 aromatic rings. The van der Waals surface area contributed by atoms with E-state index >= 15 is 0 Å². The fourth-order valence-electron chi connectivity index (χ4n) is 2.46. The zero-order chi connectivity index (χ0) is 21.8. The highest BCUT2D eigenvalue weighted by Crippen LogP contribution is 2.06. The lowest BCUT2D eigenvalue weighted by Crippen LogP contribution is -2.53. The number of aliphatic carboxylic acids is 1. The first kappa shape index (κ1) is 23.7. The number of hydrogen-bond donors (Lipinski definition) is 5. The monoisotopic (exact) mass is 408 g/mol. The smallest absolute Gasteiger partial charge is 0.408 e. The molecule has 29 heavy (non-hydrogen) atoms. The normalized spacial score (nSPS) is 12.5. The van der Waals surface area contributed by atoms with Crippen molar-refractivity contribution < 1.29 is 29.0 Å². The molecule has 0 aliphatic rings. The predicted molar refractivity (Wildman–Crippen MR) is 105 cm³/mol. The third-order valence-electron chi connectivity index (χ3n) is 4.02. The Kier molecular flexibility index (Phi) is 10.00. The van der Waals surface area contributed by atoms with E-state index in [1.807, 2.05) is 18.2 Å². The largest absolute Gasteiger partial charge is 0.480 e. The molecule has 0 aromatic heterocycles. The van der Waals surface area contributed by atoms with Crippen molar-refractivity contribution in [3.8, 4) is 0 Å². The van der Waals surface area contributed by atoms with Gasteiger partial charge in [-0.3, -0.25) is 4.79 Å². The molecule has 0 aliphatic carbocycles. The number of amides is 4. The highest BCUT2D eigenvalue weighted by molar-refractivity contribution is 5.89. The summed E-state index contributed by atoms with van der Waals surface area (Å²) in [6.07, 6.45) is -0.385. The SMILES string of the molecule is CC(C)[C@H](NC(=O)OCc1ccccc1)C(=O)N[C@@H](CCCNC(N)=O)C(=O)O. The molecule has 10 heteroatoms. The van der Waals surface area contributed by atoms with Crippen LogP contribution < -0.4 is 21.7 Å². The predicted octanol–water partition coefficient (Wildman–Crippen LogP) is 0.955. The number of nitrogens with two attached hydrogens (primary N) is 1. The van der Waals surface area contributed by atoms with Crippen LogP contribution in [0, 0.1) is 5.92 Å². The fourth-order valence-corrected chi connectivity index (χ4v) is 2.46. The molecule has 4 amide bonds. The lowest BCUT2D eigenvalue weighted by Gasteiger charge is -2.23. The highest BCUT2D eigenvalue weighted by Gasteiger charge is 2.28. The summed E-state index contributed by atoms with van der Waals surface area (Å²) in [5.74, 6) is -2.15. The third kappa shape index (κ3) is 9.45. The molecule has 0 aliphatic heterocycles. The second-order valence-corrected chi connectivity index (χ2v) is 6.76. The summed E-state index contributed by atoms with van der Waals surface area (Å²) in [5, 5.41) is 16.5. The van der Waals surface area contributed by atoms with Crippen LogP contribution in [0.5, 0.6) is 0 Å². The molecular weight excluding hydrogens is 380 g/mol. The van der Waals surface area contributed by atoms with Crippen LogP contribution in [-0.4, -0.2) is 47.7 Å². The lowest BCUT2D eigenvalue weighted by atomic mass is 10.0. The van der Waals surface area contributed by atoms with Crippen molar-refractivity contribution in [2.45, 2.75) is 45.4 Å². The highest BCUT2D eigenvalue weighted by atomic mass is 16.5. The van der Waals surface area contributed by atoms with Gasteiger partial charge in [-0.15, -0.1) is 0 Å². The molecular formula is C19H28N4O6. The van der Waals surface area contributed by atoms with E-state index in [0.29, 0.717) is 6.42 Å². The van der Waals surface area contributed by atoms with E-state index in [9.17, 15) is 24.3 Å². The van der Waals surface area contributed by atoms with Gasteiger partial charge in [0.05, 0.1) is 0 Å². The van der Waals surface area contributed by atoms with Crippen molar-refractivity contribution in [1.82, 2.24) is 16.0 Å². The van der Waals surface area contributed by atoms with E-state index in [1.54, 1.807) is 26.0 Å². The number of primary amides is 1. The van der Waals surface area contributed by atoms with E-state index in [4.69, 9.17) is 10.5 Å². The summed E-state index contributed by atoms with van der Waals surface area (Å²) in [4.78, 5) is 46.6. The van der Waals surface area contributed by atoms with Crippen LogP contribution in [-0.2, 0) is 20.9 Å². The van der Waals surface area contributed by atoms with Gasteiger partial charge in [-0.25, -0.2) is 14.4 Å². The number of alkyl carbamates (subject to hydrolysis) is 1. The van der Waals surface area contributed by atoms with Gasteiger partial charge in [0.2, 0.25) is 5.91 Å². The van der Waals surface area contributed by atoms with Gasteiger partial charge < -0.3 is 31.5 Å². The number of carboxylic acids is 1. The molecule has 0 heterocycles. The summed E-state index contributed by atoms with van der Waals surface area (Å²) in [7, 11) is 0. The summed E-state index contributed by atoms with van der Waals surface area (Å²) in [6, 6.07) is 6.21. The molecule has 0 fully saturated rings. The lowest BCUT2D eigenvalue weighted by molar-refractivity contribution is -0.142. The van der Waals surface area contributed by atoms with Crippen LogP contribution in [0.4, 0.5) is 9.59 Å². The van der Waals surface area contributed by atoms with Crippen molar-refractivity contribution in [2.24, 2.45) is 11.7 Å². The topological polar surface area (TPSA) is 160 Å². The summed E-state index contributed by atoms with van der Waals surface area (Å²) in [6.45, 7) is 3.67. The Morgan fingerprint density at radius 2 is 1.76 bits per heavy atom. The molecule has 0 radical (unpaired) electrons. The Hall–Kier alpha value is -3.30. The average molecular weight is 408 g/mol. The van der Waals surface area contributed by atoms with Gasteiger partial charge in [0.15, 0.2) is 0 Å². The number of urea groups is 1. The summed E-state index contributed by atoms with van der Waals surface area (Å²) >= 11 is 0. The number of ether oxygens (including phenoxy) is 1. The van der Waals surface area contributed by atoms with E-state index in [0.717, 1.165) is 5.56 Å². The van der Waals surface area contributed by atoms with Crippen LogP contribution in [0.25, 0.3) is 0 Å². The first-order chi connectivity index (χ1) is 13.7. The molecule has 0 saturated carbocycles. The molecule has 0 bridgehead atoms. The Morgan fingerprint density at radius 3 is 2.31 bits per heavy atom. The zero-order valence-corrected chi connectivity index (χ0v) is 16.5. The van der Waals surface area contributed by atoms with Gasteiger partial charge in [0.25, 0.3) is 0 Å². The van der Waals surface area contributed by atoms with Crippen molar-refractivity contribution in [2.75, 3.05) is 6.54 Å². The van der Waals surface area contributed by atoms with Crippen LogP contribution in [0.1, 0.15) is 32.3 Å². The molecule has 0 saturated heterocycles. The number of nitrogens with one attached hydrogen (secondary N) is 3. The van der Waals surface area contributed by atoms with Crippen molar-refractivity contribution in [3.05, 3.63) is 35.9 Å². The van der Waals surface area contributed by atoms with Crippen LogP contribution in [0.3, 0.4) is 0 Å². The Bertz CT molecular complexity index is 695. The molecule has 0 spiro atoms. The maximum absolute atomic E-state index is 12.5. The standard InChI is InChI=1S/C19H28N4O6/c1-12(2)15(23-19(28)29-11-13-7-4-3-5-8-13)16(24)22-14(17(25)26)9-6-10-21-18(20)27/h3-5,7-8,12,14-15H,6,9-11H2,1-2H3,(H,22,24)(H,23,28)(H,25,26)(H3,20,21,27)/t14-,15-/m0/s1. The first-order valence-corrected chi connectivity index (χ1v) is 9.24. The second kappa shape index (κ2) is 12.2. The Labute approximate surface area is 169 Å². The van der Waals surface area contributed by atoms with Gasteiger partial charge in [-0.2, -0.15) is 0 Å². The second-order valence-electron chi connectivity index (χ2n) is 6.76. The van der Waals surface area contributed by atoms with E-state index in [1.165, 1.54) is 0 Å². The third-order valence-corrected chi connectivity index (χ3v) is 4.02. The number of carbonyl (C=O) groups is 4. The Balaban J connectivity index is 2.58. The number of hydrogen-bond acceptors (Lipinski definition) is 5. The van der Waals surface area contributed by atoms with Crippen LogP contribution >= 0.6 is 0 Å². The van der Waals surface area contributed by atoms with Crippen LogP contribution in [0.15, 0.2) is 30.3 Å². The Morgan fingerprint density at radius 1 is 1.10 bits per heavy atom. The van der Waals surface area contributed by atoms with Gasteiger partial charge >= 0.3 is 18.1 Å². The molecule has 6 N–H and O–H groups in total. The molecule has 2 atom stereocenters. The van der Waals surface area contributed by atoms with E-state index < -0.39 is 36.1 Å². The molecule has 1 rings (SSSR count). The van der Waals surface area contributed by atoms with Crippen molar-refractivity contribution in [1.29, 1.82) is 0 Å². The number of rotatable bonds is 11. The van der Waals surface area contributed by atoms with E-state index in [2.05, 4.69) is 16.0 Å². The molecule has 1 aromatic carbocycles. The van der Waals surface area contributed by atoms with Gasteiger partial charge in [-0.1, -0.05) is 44.2 Å². The minimum atomic E-state index is -1.22. The summed E-state index contributed by atoms with van der Waals surface area (Å²) in [5.41, 5.74) is 5.74. The van der Waals surface area contributed by atoms with Crippen molar-refractivity contribution >= 4 is 24.0 Å². The molecule has 160 valence electrons. The van der Waals surface area contributed by atoms with Crippen LogP contribution in [0.2, 0.25) is 0 Å². The average Bonchev–Trinajstić information content (AvgIpc) is 2.66. The molecule has 10 nitrogen and oxygen atoms in total. The number of carbonyl (C=O) groups excluding carboxylic acids is 3. The fraction of sp³-hybridized carbons (Fsp3) is 0.474. The number of carboxylic acid groups (broad SMARTS) is 1. The maximum Gasteiger partial charge on any atom is 0.408 e. The quantitative estimate of drug-likeness (QED) is 0.343. The van der Waals surface area contributed by atoms with Gasteiger partial charge in [-0.05, 0) is 24.3 Å². The summed E-state index contributed by atoms with van der Waals surface area (Å²) < 4.78 is 5.11.